The van der Waals surface area contributed by atoms with Crippen molar-refractivity contribution in [3.05, 3.63) is 35.4 Å². The van der Waals surface area contributed by atoms with E-state index in [2.05, 4.69) is 12.2 Å². The average Bonchev–Trinajstić information content (AvgIpc) is 2.39. The zero-order chi connectivity index (χ0) is 14.8. The molecule has 0 aliphatic heterocycles. The van der Waals surface area contributed by atoms with Gasteiger partial charge in [0.1, 0.15) is 0 Å². The summed E-state index contributed by atoms with van der Waals surface area (Å²) in [5.41, 5.74) is 0.0150. The Hall–Kier alpha value is -1.00. The molecule has 1 aromatic carbocycles. The van der Waals surface area contributed by atoms with Gasteiger partial charge in [-0.05, 0) is 43.4 Å². The minimum atomic E-state index is -0.833. The van der Waals surface area contributed by atoms with Crippen LogP contribution < -0.4 is 5.32 Å². The minimum Gasteiger partial charge on any atom is -0.389 e. The molecule has 2 rings (SSSR count). The molecular weight excluding hydrogens is 260 g/mol. The summed E-state index contributed by atoms with van der Waals surface area (Å²) in [6.07, 6.45) is 3.80. The molecule has 2 N–H and O–H groups in total. The number of halogens is 2. The van der Waals surface area contributed by atoms with Crippen LogP contribution in [0.15, 0.2) is 18.2 Å². The lowest BCUT2D eigenvalue weighted by atomic mass is 9.79. The summed E-state index contributed by atoms with van der Waals surface area (Å²) < 4.78 is 26.1. The van der Waals surface area contributed by atoms with Crippen LogP contribution in [0.4, 0.5) is 8.78 Å². The Morgan fingerprint density at radius 3 is 2.80 bits per heavy atom. The van der Waals surface area contributed by atoms with Crippen molar-refractivity contribution >= 4 is 0 Å². The van der Waals surface area contributed by atoms with Crippen LogP contribution in [-0.4, -0.2) is 17.3 Å². The van der Waals surface area contributed by atoms with Crippen molar-refractivity contribution in [2.24, 2.45) is 5.92 Å². The molecule has 0 saturated heterocycles. The van der Waals surface area contributed by atoms with Crippen LogP contribution in [0, 0.1) is 17.6 Å². The normalized spacial score (nSPS) is 28.4. The fourth-order valence-corrected chi connectivity index (χ4v) is 3.04. The number of rotatable bonds is 4. The molecule has 1 fully saturated rings. The van der Waals surface area contributed by atoms with E-state index in [-0.39, 0.29) is 6.04 Å². The molecule has 0 bridgehead atoms. The van der Waals surface area contributed by atoms with Crippen molar-refractivity contribution in [2.45, 2.75) is 51.2 Å². The summed E-state index contributed by atoms with van der Waals surface area (Å²) in [4.78, 5) is 0. The third-order valence-electron chi connectivity index (χ3n) is 4.25. The van der Waals surface area contributed by atoms with Crippen LogP contribution in [0.1, 0.15) is 51.1 Å². The summed E-state index contributed by atoms with van der Waals surface area (Å²) in [6.45, 7) is 4.53. The Bertz CT molecular complexity index is 466. The first-order chi connectivity index (χ1) is 9.39. The second kappa shape index (κ2) is 6.19. The van der Waals surface area contributed by atoms with Crippen LogP contribution in [-0.2, 0) is 0 Å². The number of hydrogen-bond acceptors (Lipinski definition) is 2. The van der Waals surface area contributed by atoms with E-state index in [1.165, 1.54) is 12.5 Å². The molecule has 0 radical (unpaired) electrons. The van der Waals surface area contributed by atoms with Gasteiger partial charge in [-0.2, -0.15) is 0 Å². The smallest absolute Gasteiger partial charge is 0.159 e. The van der Waals surface area contributed by atoms with Crippen LogP contribution >= 0.6 is 0 Å². The molecule has 20 heavy (non-hydrogen) atoms. The predicted molar refractivity (Wildman–Crippen MR) is 75.4 cm³/mol. The van der Waals surface area contributed by atoms with E-state index in [1.807, 2.05) is 6.92 Å². The first kappa shape index (κ1) is 15.4. The van der Waals surface area contributed by atoms with Crippen molar-refractivity contribution in [2.75, 3.05) is 6.54 Å². The largest absolute Gasteiger partial charge is 0.389 e. The maximum absolute atomic E-state index is 13.2. The highest BCUT2D eigenvalue weighted by molar-refractivity contribution is 5.20. The summed E-state index contributed by atoms with van der Waals surface area (Å²) >= 11 is 0. The molecule has 1 aliphatic rings. The highest BCUT2D eigenvalue weighted by atomic mass is 19.2. The lowest BCUT2D eigenvalue weighted by molar-refractivity contribution is -0.0134. The molecule has 1 saturated carbocycles. The number of aliphatic hydroxyl groups is 1. The van der Waals surface area contributed by atoms with Gasteiger partial charge in [-0.1, -0.05) is 25.8 Å². The maximum atomic E-state index is 13.2. The number of hydrogen-bond donors (Lipinski definition) is 2. The van der Waals surface area contributed by atoms with Gasteiger partial charge in [0.05, 0.1) is 5.60 Å². The van der Waals surface area contributed by atoms with Gasteiger partial charge >= 0.3 is 0 Å². The highest BCUT2D eigenvalue weighted by Gasteiger charge is 2.32. The van der Waals surface area contributed by atoms with E-state index < -0.39 is 17.2 Å². The van der Waals surface area contributed by atoms with Crippen molar-refractivity contribution in [3.8, 4) is 0 Å². The molecule has 1 aromatic rings. The van der Waals surface area contributed by atoms with Crippen LogP contribution in [0.2, 0.25) is 0 Å². The standard InChI is InChI=1S/C16H23F2NO/c1-11-4-3-7-16(20,9-11)10-19-12(2)13-5-6-14(17)15(18)8-13/h5-6,8,11-12,19-20H,3-4,7,9-10H2,1-2H3. The first-order valence-electron chi connectivity index (χ1n) is 7.30. The summed E-state index contributed by atoms with van der Waals surface area (Å²) in [5.74, 6) is -1.13. The van der Waals surface area contributed by atoms with E-state index in [9.17, 15) is 13.9 Å². The van der Waals surface area contributed by atoms with Gasteiger partial charge in [-0.25, -0.2) is 8.78 Å². The lowest BCUT2D eigenvalue weighted by Crippen LogP contribution is -2.44. The van der Waals surface area contributed by atoms with Gasteiger partial charge in [0.2, 0.25) is 0 Å². The fourth-order valence-electron chi connectivity index (χ4n) is 3.04. The van der Waals surface area contributed by atoms with E-state index in [0.29, 0.717) is 18.0 Å². The second-order valence-corrected chi connectivity index (χ2v) is 6.20. The topological polar surface area (TPSA) is 32.3 Å². The minimum absolute atomic E-state index is 0.119. The maximum Gasteiger partial charge on any atom is 0.159 e. The molecule has 2 nitrogen and oxygen atoms in total. The monoisotopic (exact) mass is 283 g/mol. The highest BCUT2D eigenvalue weighted by Crippen LogP contribution is 2.32. The van der Waals surface area contributed by atoms with Gasteiger partial charge in [0.25, 0.3) is 0 Å². The molecule has 4 heteroatoms. The van der Waals surface area contributed by atoms with E-state index in [1.54, 1.807) is 6.07 Å². The molecule has 0 heterocycles. The quantitative estimate of drug-likeness (QED) is 0.885. The van der Waals surface area contributed by atoms with Gasteiger partial charge in [-0.15, -0.1) is 0 Å². The van der Waals surface area contributed by atoms with Crippen LogP contribution in [0.5, 0.6) is 0 Å². The Balaban J connectivity index is 1.94. The average molecular weight is 283 g/mol. The van der Waals surface area contributed by atoms with Crippen LogP contribution in [0.3, 0.4) is 0 Å². The molecule has 0 spiro atoms. The molecule has 1 aliphatic carbocycles. The molecule has 0 aromatic heterocycles. The zero-order valence-corrected chi connectivity index (χ0v) is 12.1. The van der Waals surface area contributed by atoms with Crippen molar-refractivity contribution < 1.29 is 13.9 Å². The van der Waals surface area contributed by atoms with E-state index in [0.717, 1.165) is 25.3 Å². The Labute approximate surface area is 119 Å². The number of benzene rings is 1. The van der Waals surface area contributed by atoms with Gasteiger partial charge in [0.15, 0.2) is 11.6 Å². The van der Waals surface area contributed by atoms with Crippen molar-refractivity contribution in [3.63, 3.8) is 0 Å². The summed E-state index contributed by atoms with van der Waals surface area (Å²) in [6, 6.07) is 3.80. The molecule has 112 valence electrons. The third-order valence-corrected chi connectivity index (χ3v) is 4.25. The molecule has 3 unspecified atom stereocenters. The second-order valence-electron chi connectivity index (χ2n) is 6.20. The lowest BCUT2D eigenvalue weighted by Gasteiger charge is -2.36. The molecular formula is C16H23F2NO. The van der Waals surface area contributed by atoms with E-state index in [4.69, 9.17) is 0 Å². The van der Waals surface area contributed by atoms with Gasteiger partial charge in [-0.3, -0.25) is 0 Å². The zero-order valence-electron chi connectivity index (χ0n) is 12.1. The Kier molecular flexibility index (Phi) is 4.76. The van der Waals surface area contributed by atoms with Crippen molar-refractivity contribution in [1.29, 1.82) is 0 Å². The van der Waals surface area contributed by atoms with Crippen molar-refractivity contribution in [1.82, 2.24) is 5.32 Å². The van der Waals surface area contributed by atoms with Crippen LogP contribution in [0.25, 0.3) is 0 Å². The predicted octanol–water partition coefficient (Wildman–Crippen LogP) is 3.56. The fraction of sp³-hybridized carbons (Fsp3) is 0.625. The first-order valence-corrected chi connectivity index (χ1v) is 7.30. The summed E-state index contributed by atoms with van der Waals surface area (Å²) in [5, 5.41) is 13.8. The molecule has 3 atom stereocenters. The Morgan fingerprint density at radius 2 is 2.15 bits per heavy atom. The Morgan fingerprint density at radius 1 is 1.40 bits per heavy atom. The van der Waals surface area contributed by atoms with E-state index >= 15 is 0 Å². The SMILES string of the molecule is CC1CCCC(O)(CNC(C)c2ccc(F)c(F)c2)C1. The molecule has 0 amide bonds. The third kappa shape index (κ3) is 3.76. The summed E-state index contributed by atoms with van der Waals surface area (Å²) in [7, 11) is 0. The number of nitrogens with one attached hydrogen (secondary N) is 1. The van der Waals surface area contributed by atoms with Gasteiger partial charge < -0.3 is 10.4 Å². The van der Waals surface area contributed by atoms with Gasteiger partial charge in [0, 0.05) is 12.6 Å².